The Bertz CT molecular complexity index is 1830. The number of carboxylic acids is 2. The van der Waals surface area contributed by atoms with E-state index in [0.29, 0.717) is 13.0 Å². The van der Waals surface area contributed by atoms with Gasteiger partial charge in [0.25, 0.3) is 5.56 Å². The van der Waals surface area contributed by atoms with Crippen LogP contribution in [0.15, 0.2) is 26.8 Å². The SMILES string of the molecule is CO[C@H]1[C@H](O[C@H]([C@H]2O[C@@H](n3ccc(=O)[nH]c3=O)[C@H](O)[C@@H]2O)[C@H](NCCCNC(=O)[C@H](CC(C)C)NC(=O)[C@@H](N[C@H](C(=O)O)C(C)C)[C@@H]2CCN=C(N)N2)C(=O)O)O[C@H](CN)[C@H]1O. The Kier molecular flexibility index (Phi) is 18.3. The van der Waals surface area contributed by atoms with Gasteiger partial charge >= 0.3 is 17.6 Å². The smallest absolute Gasteiger partial charge is 0.330 e. The topological polar surface area (TPSA) is 386 Å². The number of guanidine groups is 1. The number of methoxy groups -OCH3 is 1. The van der Waals surface area contributed by atoms with E-state index in [9.17, 15) is 54.3 Å². The zero-order valence-corrected chi connectivity index (χ0v) is 35.2. The molecule has 25 heteroatoms. The van der Waals surface area contributed by atoms with Gasteiger partial charge in [0.05, 0.1) is 6.04 Å². The van der Waals surface area contributed by atoms with Crippen molar-refractivity contribution in [2.24, 2.45) is 28.3 Å². The number of rotatable bonds is 23. The molecule has 25 nitrogen and oxygen atoms in total. The summed E-state index contributed by atoms with van der Waals surface area (Å²) < 4.78 is 23.9. The van der Waals surface area contributed by atoms with Crippen molar-refractivity contribution in [1.82, 2.24) is 36.1 Å². The molecule has 1 aromatic heterocycles. The van der Waals surface area contributed by atoms with E-state index in [1.165, 1.54) is 7.11 Å². The number of ether oxygens (including phenoxy) is 4. The first-order valence-electron chi connectivity index (χ1n) is 20.4. The number of H-pyrrole nitrogens is 1. The van der Waals surface area contributed by atoms with Crippen molar-refractivity contribution < 1.29 is 63.7 Å². The van der Waals surface area contributed by atoms with Gasteiger partial charge in [0.15, 0.2) is 18.5 Å². The van der Waals surface area contributed by atoms with Gasteiger partial charge in [-0.25, -0.2) is 4.79 Å². The third-order valence-corrected chi connectivity index (χ3v) is 10.8. The number of hydrogen-bond donors (Lipinski definition) is 13. The Labute approximate surface area is 356 Å². The summed E-state index contributed by atoms with van der Waals surface area (Å²) in [6.07, 6.45) is -11.9. The molecule has 0 radical (unpaired) electrons. The van der Waals surface area contributed by atoms with Gasteiger partial charge in [0.2, 0.25) is 11.8 Å². The number of carbonyl (C=O) groups excluding carboxylic acids is 2. The molecule has 4 heterocycles. The van der Waals surface area contributed by atoms with Crippen molar-refractivity contribution in [3.05, 3.63) is 33.1 Å². The van der Waals surface area contributed by atoms with Gasteiger partial charge in [-0.05, 0) is 37.6 Å². The summed E-state index contributed by atoms with van der Waals surface area (Å²) in [5, 5.41) is 67.4. The van der Waals surface area contributed by atoms with E-state index in [4.69, 9.17) is 30.4 Å². The molecule has 0 bridgehead atoms. The van der Waals surface area contributed by atoms with Crippen molar-refractivity contribution >= 4 is 29.7 Å². The first kappa shape index (κ1) is 50.1. The lowest BCUT2D eigenvalue weighted by Gasteiger charge is -2.34. The lowest BCUT2D eigenvalue weighted by atomic mass is 9.96. The highest BCUT2D eigenvalue weighted by molar-refractivity contribution is 5.91. The summed E-state index contributed by atoms with van der Waals surface area (Å²) >= 11 is 0. The van der Waals surface area contributed by atoms with Crippen LogP contribution < -0.4 is 49.3 Å². The Morgan fingerprint density at radius 3 is 2.27 bits per heavy atom. The second-order valence-electron chi connectivity index (χ2n) is 16.2. The molecule has 2 saturated heterocycles. The molecule has 350 valence electrons. The third kappa shape index (κ3) is 12.5. The molecule has 2 fully saturated rings. The highest BCUT2D eigenvalue weighted by Crippen LogP contribution is 2.35. The van der Waals surface area contributed by atoms with Crippen molar-refractivity contribution in [2.75, 3.05) is 33.3 Å². The largest absolute Gasteiger partial charge is 0.480 e. The number of aromatic nitrogens is 2. The maximum Gasteiger partial charge on any atom is 0.330 e. The molecule has 1 aromatic rings. The van der Waals surface area contributed by atoms with E-state index in [-0.39, 0.29) is 44.4 Å². The molecule has 0 saturated carbocycles. The van der Waals surface area contributed by atoms with Crippen LogP contribution in [0.25, 0.3) is 0 Å². The first-order valence-corrected chi connectivity index (χ1v) is 20.4. The number of aliphatic carboxylic acids is 2. The quantitative estimate of drug-likeness (QED) is 0.0456. The van der Waals surface area contributed by atoms with E-state index in [1.807, 2.05) is 18.8 Å². The molecule has 3 aliphatic rings. The highest BCUT2D eigenvalue weighted by Gasteiger charge is 2.54. The molecule has 2 amide bonds. The van der Waals surface area contributed by atoms with Crippen LogP contribution in [-0.4, -0.2) is 177 Å². The van der Waals surface area contributed by atoms with Crippen molar-refractivity contribution in [3.8, 4) is 0 Å². The predicted molar refractivity (Wildman–Crippen MR) is 216 cm³/mol. The van der Waals surface area contributed by atoms with Crippen molar-refractivity contribution in [2.45, 2.75) is 132 Å². The maximum absolute atomic E-state index is 13.8. The minimum Gasteiger partial charge on any atom is -0.480 e. The Balaban J connectivity index is 1.48. The Hall–Kier alpha value is -4.57. The molecule has 0 aromatic carbocycles. The van der Waals surface area contributed by atoms with Gasteiger partial charge in [0.1, 0.15) is 66.9 Å². The minimum absolute atomic E-state index is 0.0260. The second kappa shape index (κ2) is 22.7. The Morgan fingerprint density at radius 1 is 1.00 bits per heavy atom. The summed E-state index contributed by atoms with van der Waals surface area (Å²) in [5.41, 5.74) is 9.89. The highest BCUT2D eigenvalue weighted by atomic mass is 16.7. The summed E-state index contributed by atoms with van der Waals surface area (Å²) in [4.78, 5) is 82.8. The second-order valence-corrected chi connectivity index (χ2v) is 16.2. The minimum atomic E-state index is -1.87. The molecule has 0 spiro atoms. The lowest BCUT2D eigenvalue weighted by molar-refractivity contribution is -0.231. The van der Waals surface area contributed by atoms with Gasteiger partial charge in [-0.15, -0.1) is 0 Å². The van der Waals surface area contributed by atoms with Crippen LogP contribution in [0.1, 0.15) is 53.2 Å². The van der Waals surface area contributed by atoms with Crippen LogP contribution in [-0.2, 0) is 38.1 Å². The van der Waals surface area contributed by atoms with Crippen LogP contribution in [0.2, 0.25) is 0 Å². The molecular formula is C37H62N10O15. The van der Waals surface area contributed by atoms with Crippen molar-refractivity contribution in [1.29, 1.82) is 0 Å². The van der Waals surface area contributed by atoms with Gasteiger partial charge in [-0.2, -0.15) is 0 Å². The molecule has 4 rings (SSSR count). The predicted octanol–water partition coefficient (Wildman–Crippen LogP) is -5.58. The number of aliphatic imine (C=N–C) groups is 1. The molecule has 14 atom stereocenters. The van der Waals surface area contributed by atoms with Crippen molar-refractivity contribution in [3.63, 3.8) is 0 Å². The summed E-state index contributed by atoms with van der Waals surface area (Å²) in [6, 6.07) is -4.66. The average molecular weight is 887 g/mol. The van der Waals surface area contributed by atoms with Gasteiger partial charge in [-0.3, -0.25) is 43.8 Å². The molecule has 62 heavy (non-hydrogen) atoms. The summed E-state index contributed by atoms with van der Waals surface area (Å²) in [7, 11) is 1.25. The average Bonchev–Trinajstić information content (AvgIpc) is 3.67. The van der Waals surface area contributed by atoms with Gasteiger partial charge in [-0.1, -0.05) is 27.7 Å². The van der Waals surface area contributed by atoms with E-state index in [2.05, 4.69) is 31.6 Å². The fourth-order valence-corrected chi connectivity index (χ4v) is 7.56. The fourth-order valence-electron chi connectivity index (χ4n) is 7.56. The number of nitrogens with zero attached hydrogens (tertiary/aromatic N) is 2. The van der Waals surface area contributed by atoms with Gasteiger partial charge in [0, 0.05) is 39.0 Å². The number of nitrogens with one attached hydrogen (secondary N) is 6. The van der Waals surface area contributed by atoms with Crippen LogP contribution in [0.4, 0.5) is 0 Å². The molecule has 3 aliphatic heterocycles. The summed E-state index contributed by atoms with van der Waals surface area (Å²) in [6.45, 7) is 7.08. The fraction of sp³-hybridized carbons (Fsp3) is 0.757. The van der Waals surface area contributed by atoms with E-state index in [0.717, 1.165) is 16.8 Å². The number of carboxylic acid groups (broad SMARTS) is 2. The van der Waals surface area contributed by atoms with Gasteiger partial charge < -0.3 is 77.2 Å². The van der Waals surface area contributed by atoms with Crippen LogP contribution >= 0.6 is 0 Å². The Morgan fingerprint density at radius 2 is 1.69 bits per heavy atom. The molecule has 0 unspecified atom stereocenters. The third-order valence-electron chi connectivity index (χ3n) is 10.8. The molecular weight excluding hydrogens is 824 g/mol. The van der Waals surface area contributed by atoms with E-state index >= 15 is 0 Å². The maximum atomic E-state index is 13.8. The number of amides is 2. The number of aromatic amines is 1. The number of carbonyl (C=O) groups is 4. The van der Waals surface area contributed by atoms with Crippen LogP contribution in [0, 0.1) is 11.8 Å². The van der Waals surface area contributed by atoms with E-state index < -0.39 is 126 Å². The number of nitrogens with two attached hydrogens (primary N) is 2. The number of aliphatic hydroxyl groups excluding tert-OH is 3. The van der Waals surface area contributed by atoms with E-state index in [1.54, 1.807) is 13.8 Å². The first-order chi connectivity index (χ1) is 29.3. The van der Waals surface area contributed by atoms with Crippen LogP contribution in [0.5, 0.6) is 0 Å². The van der Waals surface area contributed by atoms with Crippen LogP contribution in [0.3, 0.4) is 0 Å². The zero-order chi connectivity index (χ0) is 46.0. The number of hydrogen-bond acceptors (Lipinski definition) is 19. The monoisotopic (exact) mass is 886 g/mol. The normalized spacial score (nSPS) is 28.7. The zero-order valence-electron chi connectivity index (χ0n) is 35.2. The number of aliphatic hydroxyl groups is 3. The summed E-state index contributed by atoms with van der Waals surface area (Å²) in [5.74, 6) is -4.24. The molecule has 0 aliphatic carbocycles. The standard InChI is InChI=1S/C37H62N10O15/c1-15(2)13-18(43-31(53)22(17-7-11-42-36(39)44-17)46-21(16(3)4)33(54)55)30(52)41-10-6-9-40-23(34(56)57)27(62-35-29(59-5)24(49)19(14-38)60-35)28-25(50)26(51)32(61-28)47-12-8-20(48)45-37(47)58/h8,12,15-19,21-29,32,35,40,46,49-51H,6-7,9-11,13-14,38H2,1-5H3,(H,41,52)(H,43,53)(H,54,55)(H,56,57)(H3,39,42,44)(H,45,48,58)/t17-,18-,19+,21-,22-,23-,24+,25-,26+,27-,28-,29+,32+,35-/m0/s1. The molecule has 15 N–H and O–H groups in total. The lowest BCUT2D eigenvalue weighted by Crippen LogP contribution is -2.65.